The van der Waals surface area contributed by atoms with E-state index in [-0.39, 0.29) is 17.3 Å². The lowest BCUT2D eigenvalue weighted by atomic mass is 9.98. The number of rotatable bonds is 7. The Labute approximate surface area is 170 Å². The van der Waals surface area contributed by atoms with E-state index in [1.165, 1.54) is 5.56 Å². The number of nitrogens with one attached hydrogen (secondary N) is 2. The highest BCUT2D eigenvalue weighted by Gasteiger charge is 2.39. The highest BCUT2D eigenvalue weighted by Crippen LogP contribution is 2.41. The summed E-state index contributed by atoms with van der Waals surface area (Å²) in [5, 5.41) is 6.24. The largest absolute Gasteiger partial charge is 0.366 e. The smallest absolute Gasteiger partial charge is 0.251 e. The maximum absolute atomic E-state index is 14.5. The molecule has 2 aromatic rings. The summed E-state index contributed by atoms with van der Waals surface area (Å²) in [6, 6.07) is 13.1. The van der Waals surface area contributed by atoms with Gasteiger partial charge in [-0.15, -0.1) is 0 Å². The SMILES string of the molecule is CC(C)NC(=O)c1cc(F)c(N2CC(CN[C@@H]3C[C@H]3c3ccccc3)C2)c(F)c1. The van der Waals surface area contributed by atoms with Gasteiger partial charge in [-0.3, -0.25) is 4.79 Å². The lowest BCUT2D eigenvalue weighted by Crippen LogP contribution is -2.51. The summed E-state index contributed by atoms with van der Waals surface area (Å²) in [6.45, 7) is 5.68. The summed E-state index contributed by atoms with van der Waals surface area (Å²) in [7, 11) is 0. The van der Waals surface area contributed by atoms with Gasteiger partial charge in [0.05, 0.1) is 0 Å². The third kappa shape index (κ3) is 4.42. The van der Waals surface area contributed by atoms with Crippen molar-refractivity contribution in [3.63, 3.8) is 0 Å². The standard InChI is InChI=1S/C23H27F2N3O/c1-14(2)27-23(29)17-8-19(24)22(20(25)9-17)28-12-15(13-28)11-26-21-10-18(21)16-6-4-3-5-7-16/h3-9,14-15,18,21,26H,10-13H2,1-2H3,(H,27,29)/t18-,21+/m0/s1. The van der Waals surface area contributed by atoms with E-state index in [4.69, 9.17) is 0 Å². The Morgan fingerprint density at radius 3 is 2.41 bits per heavy atom. The second-order valence-electron chi connectivity index (χ2n) is 8.46. The lowest BCUT2D eigenvalue weighted by Gasteiger charge is -2.41. The number of carbonyl (C=O) groups excluding carboxylic acids is 1. The maximum Gasteiger partial charge on any atom is 0.251 e. The van der Waals surface area contributed by atoms with Gasteiger partial charge in [0.2, 0.25) is 0 Å². The van der Waals surface area contributed by atoms with Gasteiger partial charge in [0, 0.05) is 49.1 Å². The fourth-order valence-corrected chi connectivity index (χ4v) is 4.03. The molecule has 2 N–H and O–H groups in total. The summed E-state index contributed by atoms with van der Waals surface area (Å²) in [4.78, 5) is 13.7. The first-order chi connectivity index (χ1) is 13.9. The van der Waals surface area contributed by atoms with E-state index in [2.05, 4.69) is 34.9 Å². The van der Waals surface area contributed by atoms with Crippen molar-refractivity contribution in [3.8, 4) is 0 Å². The molecule has 1 heterocycles. The zero-order valence-electron chi connectivity index (χ0n) is 16.8. The van der Waals surface area contributed by atoms with E-state index in [1.54, 1.807) is 18.7 Å². The molecule has 0 radical (unpaired) electrons. The van der Waals surface area contributed by atoms with E-state index in [0.717, 1.165) is 25.1 Å². The zero-order chi connectivity index (χ0) is 20.5. The third-order valence-electron chi connectivity index (χ3n) is 5.66. The van der Waals surface area contributed by atoms with Gasteiger partial charge in [0.25, 0.3) is 5.91 Å². The van der Waals surface area contributed by atoms with Crippen LogP contribution in [-0.2, 0) is 0 Å². The average Bonchev–Trinajstić information content (AvgIpc) is 3.42. The molecule has 4 nitrogen and oxygen atoms in total. The summed E-state index contributed by atoms with van der Waals surface area (Å²) in [5.41, 5.74) is 1.35. The Hall–Kier alpha value is -2.47. The van der Waals surface area contributed by atoms with Crippen molar-refractivity contribution in [3.05, 3.63) is 65.2 Å². The van der Waals surface area contributed by atoms with E-state index in [9.17, 15) is 13.6 Å². The second kappa shape index (κ2) is 8.11. The van der Waals surface area contributed by atoms with Crippen molar-refractivity contribution >= 4 is 11.6 Å². The monoisotopic (exact) mass is 399 g/mol. The van der Waals surface area contributed by atoms with Gasteiger partial charge in [-0.25, -0.2) is 8.78 Å². The predicted octanol–water partition coefficient (Wildman–Crippen LogP) is 3.68. The molecule has 4 rings (SSSR count). The first-order valence-electron chi connectivity index (χ1n) is 10.3. The van der Waals surface area contributed by atoms with E-state index in [1.807, 2.05) is 6.07 Å². The van der Waals surface area contributed by atoms with Gasteiger partial charge in [-0.1, -0.05) is 30.3 Å². The fraction of sp³-hybridized carbons (Fsp3) is 0.435. The Balaban J connectivity index is 1.28. The van der Waals surface area contributed by atoms with Gasteiger partial charge >= 0.3 is 0 Å². The number of hydrogen-bond acceptors (Lipinski definition) is 3. The molecule has 0 bridgehead atoms. The predicted molar refractivity (Wildman–Crippen MR) is 110 cm³/mol. The molecule has 2 aromatic carbocycles. The lowest BCUT2D eigenvalue weighted by molar-refractivity contribution is 0.0942. The van der Waals surface area contributed by atoms with Crippen LogP contribution in [0.5, 0.6) is 0 Å². The maximum atomic E-state index is 14.5. The van der Waals surface area contributed by atoms with Crippen LogP contribution in [0.25, 0.3) is 0 Å². The minimum atomic E-state index is -0.684. The van der Waals surface area contributed by atoms with Crippen LogP contribution in [0, 0.1) is 17.6 Å². The number of nitrogens with zero attached hydrogens (tertiary/aromatic N) is 1. The highest BCUT2D eigenvalue weighted by atomic mass is 19.1. The Kier molecular flexibility index (Phi) is 5.54. The van der Waals surface area contributed by atoms with Crippen LogP contribution in [0.3, 0.4) is 0 Å². The topological polar surface area (TPSA) is 44.4 Å². The molecule has 2 aliphatic rings. The Morgan fingerprint density at radius 2 is 1.79 bits per heavy atom. The molecule has 0 spiro atoms. The molecule has 0 aromatic heterocycles. The molecule has 1 saturated heterocycles. The molecule has 6 heteroatoms. The van der Waals surface area contributed by atoms with E-state index in [0.29, 0.717) is 31.0 Å². The van der Waals surface area contributed by atoms with Gasteiger partial charge in [0.15, 0.2) is 0 Å². The van der Waals surface area contributed by atoms with Crippen molar-refractivity contribution in [2.45, 2.75) is 38.3 Å². The van der Waals surface area contributed by atoms with Crippen LogP contribution in [0.15, 0.2) is 42.5 Å². The molecule has 1 saturated carbocycles. The normalized spacial score (nSPS) is 21.2. The van der Waals surface area contributed by atoms with Crippen molar-refractivity contribution < 1.29 is 13.6 Å². The van der Waals surface area contributed by atoms with Crippen LogP contribution in [0.2, 0.25) is 0 Å². The van der Waals surface area contributed by atoms with Crippen LogP contribution >= 0.6 is 0 Å². The molecular formula is C23H27F2N3O. The molecular weight excluding hydrogens is 372 g/mol. The van der Waals surface area contributed by atoms with Gasteiger partial charge in [-0.2, -0.15) is 0 Å². The minimum Gasteiger partial charge on any atom is -0.366 e. The Bertz CT molecular complexity index is 858. The van der Waals surface area contributed by atoms with Crippen LogP contribution < -0.4 is 15.5 Å². The summed E-state index contributed by atoms with van der Waals surface area (Å²) < 4.78 is 29.0. The van der Waals surface area contributed by atoms with Crippen molar-refractivity contribution in [2.75, 3.05) is 24.5 Å². The molecule has 1 aliphatic carbocycles. The summed E-state index contributed by atoms with van der Waals surface area (Å²) in [5.74, 6) is -0.887. The molecule has 0 unspecified atom stereocenters. The quantitative estimate of drug-likeness (QED) is 0.747. The van der Waals surface area contributed by atoms with Gasteiger partial charge in [0.1, 0.15) is 17.3 Å². The van der Waals surface area contributed by atoms with Gasteiger partial charge in [-0.05, 0) is 38.0 Å². The molecule has 2 atom stereocenters. The molecule has 1 aliphatic heterocycles. The number of hydrogen-bond donors (Lipinski definition) is 2. The molecule has 29 heavy (non-hydrogen) atoms. The van der Waals surface area contributed by atoms with Crippen LogP contribution in [0.4, 0.5) is 14.5 Å². The number of halogens is 2. The van der Waals surface area contributed by atoms with E-state index < -0.39 is 17.5 Å². The number of anilines is 1. The Morgan fingerprint density at radius 1 is 1.14 bits per heavy atom. The second-order valence-corrected chi connectivity index (χ2v) is 8.46. The molecule has 1 amide bonds. The first-order valence-corrected chi connectivity index (χ1v) is 10.3. The van der Waals surface area contributed by atoms with Crippen molar-refractivity contribution in [2.24, 2.45) is 5.92 Å². The third-order valence-corrected chi connectivity index (χ3v) is 5.66. The highest BCUT2D eigenvalue weighted by molar-refractivity contribution is 5.94. The summed E-state index contributed by atoms with van der Waals surface area (Å²) >= 11 is 0. The first kappa shape index (κ1) is 19.8. The number of benzene rings is 2. The van der Waals surface area contributed by atoms with E-state index >= 15 is 0 Å². The fourth-order valence-electron chi connectivity index (χ4n) is 4.03. The molecule has 2 fully saturated rings. The zero-order valence-corrected chi connectivity index (χ0v) is 16.8. The van der Waals surface area contributed by atoms with Crippen LogP contribution in [0.1, 0.15) is 42.1 Å². The molecule has 154 valence electrons. The van der Waals surface area contributed by atoms with Crippen molar-refractivity contribution in [1.82, 2.24) is 10.6 Å². The number of amides is 1. The van der Waals surface area contributed by atoms with Crippen LogP contribution in [-0.4, -0.2) is 37.6 Å². The minimum absolute atomic E-state index is 0.0110. The number of carbonyl (C=O) groups is 1. The summed E-state index contributed by atoms with van der Waals surface area (Å²) in [6.07, 6.45) is 1.14. The average molecular weight is 399 g/mol. The van der Waals surface area contributed by atoms with Crippen molar-refractivity contribution in [1.29, 1.82) is 0 Å². The van der Waals surface area contributed by atoms with Gasteiger partial charge < -0.3 is 15.5 Å².